The molecule has 0 bridgehead atoms. The number of aliphatic hydroxyl groups is 1. The van der Waals surface area contributed by atoms with Crippen LogP contribution < -0.4 is 10.6 Å². The smallest absolute Gasteiger partial charge is 0.315 e. The van der Waals surface area contributed by atoms with Crippen molar-refractivity contribution >= 4 is 6.03 Å². The summed E-state index contributed by atoms with van der Waals surface area (Å²) in [6.45, 7) is 10.1. The zero-order valence-corrected chi connectivity index (χ0v) is 13.6. The maximum absolute atomic E-state index is 11.8. The minimum atomic E-state index is -0.384. The van der Waals surface area contributed by atoms with Crippen LogP contribution in [0.2, 0.25) is 0 Å². The van der Waals surface area contributed by atoms with Gasteiger partial charge in [-0.2, -0.15) is 0 Å². The highest BCUT2D eigenvalue weighted by atomic mass is 16.5. The third-order valence-corrected chi connectivity index (χ3v) is 3.56. The second-order valence-electron chi connectivity index (χ2n) is 5.91. The number of rotatable bonds is 7. The SMILES string of the molecule is Cc1noc(C)c1CC(C)NC(=O)NCCC(O)C(C)C. The quantitative estimate of drug-likeness (QED) is 0.717. The van der Waals surface area contributed by atoms with Crippen LogP contribution in [0.1, 0.15) is 44.2 Å². The second-order valence-corrected chi connectivity index (χ2v) is 5.91. The van der Waals surface area contributed by atoms with E-state index < -0.39 is 0 Å². The van der Waals surface area contributed by atoms with Crippen LogP contribution in [0.15, 0.2) is 4.52 Å². The van der Waals surface area contributed by atoms with E-state index in [4.69, 9.17) is 4.52 Å². The first kappa shape index (κ1) is 17.5. The Morgan fingerprint density at radius 3 is 2.52 bits per heavy atom. The summed E-state index contributed by atoms with van der Waals surface area (Å²) in [7, 11) is 0. The molecule has 21 heavy (non-hydrogen) atoms. The van der Waals surface area contributed by atoms with Crippen LogP contribution in [0, 0.1) is 19.8 Å². The van der Waals surface area contributed by atoms with Gasteiger partial charge in [-0.15, -0.1) is 0 Å². The number of urea groups is 1. The summed E-state index contributed by atoms with van der Waals surface area (Å²) in [5.41, 5.74) is 1.90. The molecule has 1 heterocycles. The van der Waals surface area contributed by atoms with Crippen LogP contribution in [-0.2, 0) is 6.42 Å². The first-order valence-corrected chi connectivity index (χ1v) is 7.45. The average Bonchev–Trinajstić information content (AvgIpc) is 2.70. The molecule has 0 aromatic carbocycles. The number of nitrogens with one attached hydrogen (secondary N) is 2. The highest BCUT2D eigenvalue weighted by molar-refractivity contribution is 5.74. The number of aromatic nitrogens is 1. The average molecular weight is 297 g/mol. The third-order valence-electron chi connectivity index (χ3n) is 3.56. The van der Waals surface area contributed by atoms with Gasteiger partial charge >= 0.3 is 6.03 Å². The van der Waals surface area contributed by atoms with E-state index in [2.05, 4.69) is 15.8 Å². The van der Waals surface area contributed by atoms with Crippen molar-refractivity contribution < 1.29 is 14.4 Å². The Morgan fingerprint density at radius 2 is 2.00 bits per heavy atom. The second kappa shape index (κ2) is 8.02. The number of hydrogen-bond donors (Lipinski definition) is 3. The molecule has 3 N–H and O–H groups in total. The van der Waals surface area contributed by atoms with E-state index in [9.17, 15) is 9.90 Å². The van der Waals surface area contributed by atoms with Gasteiger partial charge in [-0.3, -0.25) is 0 Å². The predicted molar refractivity (Wildman–Crippen MR) is 81.1 cm³/mol. The predicted octanol–water partition coefficient (Wildman–Crippen LogP) is 1.93. The molecule has 0 fully saturated rings. The third kappa shape index (κ3) is 5.75. The number of amides is 2. The molecule has 120 valence electrons. The molecule has 0 aliphatic rings. The fourth-order valence-corrected chi connectivity index (χ4v) is 2.09. The first-order chi connectivity index (χ1) is 9.81. The molecule has 0 aliphatic heterocycles. The molecule has 0 aliphatic carbocycles. The fraction of sp³-hybridized carbons (Fsp3) is 0.733. The van der Waals surface area contributed by atoms with E-state index in [1.165, 1.54) is 0 Å². The minimum absolute atomic E-state index is 0.0168. The summed E-state index contributed by atoms with van der Waals surface area (Å²) in [6, 6.07) is -0.234. The molecule has 0 saturated heterocycles. The van der Waals surface area contributed by atoms with Crippen LogP contribution in [0.25, 0.3) is 0 Å². The maximum Gasteiger partial charge on any atom is 0.315 e. The van der Waals surface area contributed by atoms with E-state index in [-0.39, 0.29) is 24.1 Å². The van der Waals surface area contributed by atoms with Gasteiger partial charge in [-0.1, -0.05) is 19.0 Å². The number of carbonyl (C=O) groups is 1. The molecule has 1 rings (SSSR count). The molecule has 0 saturated carbocycles. The van der Waals surface area contributed by atoms with Crippen molar-refractivity contribution in [2.75, 3.05) is 6.54 Å². The molecule has 6 heteroatoms. The van der Waals surface area contributed by atoms with Crippen molar-refractivity contribution in [1.82, 2.24) is 15.8 Å². The van der Waals surface area contributed by atoms with Crippen molar-refractivity contribution in [3.05, 3.63) is 17.0 Å². The lowest BCUT2D eigenvalue weighted by Gasteiger charge is -2.17. The monoisotopic (exact) mass is 297 g/mol. The summed E-state index contributed by atoms with van der Waals surface area (Å²) in [5.74, 6) is 0.995. The molecule has 0 radical (unpaired) electrons. The Morgan fingerprint density at radius 1 is 1.33 bits per heavy atom. The summed E-state index contributed by atoms with van der Waals surface area (Å²) in [4.78, 5) is 11.8. The Bertz CT molecular complexity index is 438. The topological polar surface area (TPSA) is 87.4 Å². The van der Waals surface area contributed by atoms with Gasteiger partial charge in [0.2, 0.25) is 0 Å². The van der Waals surface area contributed by atoms with E-state index in [1.54, 1.807) is 0 Å². The molecule has 2 unspecified atom stereocenters. The van der Waals surface area contributed by atoms with Gasteiger partial charge in [0.1, 0.15) is 5.76 Å². The van der Waals surface area contributed by atoms with Gasteiger partial charge in [0.15, 0.2) is 0 Å². The highest BCUT2D eigenvalue weighted by Gasteiger charge is 2.15. The van der Waals surface area contributed by atoms with Gasteiger partial charge in [-0.25, -0.2) is 4.79 Å². The summed E-state index contributed by atoms with van der Waals surface area (Å²) in [6.07, 6.45) is 0.858. The molecule has 6 nitrogen and oxygen atoms in total. The van der Waals surface area contributed by atoms with Crippen molar-refractivity contribution in [2.45, 2.75) is 59.6 Å². The summed E-state index contributed by atoms with van der Waals surface area (Å²) >= 11 is 0. The van der Waals surface area contributed by atoms with Crippen LogP contribution in [0.3, 0.4) is 0 Å². The Hall–Kier alpha value is -1.56. The lowest BCUT2D eigenvalue weighted by atomic mass is 10.0. The summed E-state index contributed by atoms with van der Waals surface area (Å²) in [5, 5.41) is 19.2. The molecule has 2 atom stereocenters. The van der Waals surface area contributed by atoms with Crippen LogP contribution in [-0.4, -0.2) is 35.0 Å². The lowest BCUT2D eigenvalue weighted by Crippen LogP contribution is -2.42. The van der Waals surface area contributed by atoms with Crippen molar-refractivity contribution in [2.24, 2.45) is 5.92 Å². The zero-order valence-electron chi connectivity index (χ0n) is 13.6. The van der Waals surface area contributed by atoms with E-state index in [1.807, 2.05) is 34.6 Å². The van der Waals surface area contributed by atoms with E-state index in [0.717, 1.165) is 17.0 Å². The van der Waals surface area contributed by atoms with Gasteiger partial charge < -0.3 is 20.3 Å². The largest absolute Gasteiger partial charge is 0.393 e. The molecule has 1 aromatic rings. The van der Waals surface area contributed by atoms with Gasteiger partial charge in [0.05, 0.1) is 11.8 Å². The normalized spacial score (nSPS) is 14.0. The Kier molecular flexibility index (Phi) is 6.68. The van der Waals surface area contributed by atoms with Crippen LogP contribution in [0.4, 0.5) is 4.79 Å². The Labute approximate surface area is 126 Å². The minimum Gasteiger partial charge on any atom is -0.393 e. The molecule has 0 spiro atoms. The van der Waals surface area contributed by atoms with Gasteiger partial charge in [0.25, 0.3) is 0 Å². The molecule has 2 amide bonds. The first-order valence-electron chi connectivity index (χ1n) is 7.45. The lowest BCUT2D eigenvalue weighted by molar-refractivity contribution is 0.116. The summed E-state index contributed by atoms with van der Waals surface area (Å²) < 4.78 is 5.11. The van der Waals surface area contributed by atoms with Crippen molar-refractivity contribution in [3.63, 3.8) is 0 Å². The number of aryl methyl sites for hydroxylation is 2. The highest BCUT2D eigenvalue weighted by Crippen LogP contribution is 2.14. The standard InChI is InChI=1S/C15H27N3O3/c1-9(2)14(19)6-7-16-15(20)17-10(3)8-13-11(4)18-21-12(13)5/h9-10,14,19H,6-8H2,1-5H3,(H2,16,17,20). The maximum atomic E-state index is 11.8. The molecular weight excluding hydrogens is 270 g/mol. The van der Waals surface area contributed by atoms with Crippen LogP contribution >= 0.6 is 0 Å². The molecular formula is C15H27N3O3. The number of carbonyl (C=O) groups excluding carboxylic acids is 1. The van der Waals surface area contributed by atoms with E-state index in [0.29, 0.717) is 19.4 Å². The van der Waals surface area contributed by atoms with Crippen molar-refractivity contribution in [1.29, 1.82) is 0 Å². The van der Waals surface area contributed by atoms with Gasteiger partial charge in [-0.05, 0) is 39.5 Å². The van der Waals surface area contributed by atoms with E-state index >= 15 is 0 Å². The number of nitrogens with zero attached hydrogens (tertiary/aromatic N) is 1. The van der Waals surface area contributed by atoms with Crippen molar-refractivity contribution in [3.8, 4) is 0 Å². The fourth-order valence-electron chi connectivity index (χ4n) is 2.09. The number of aliphatic hydroxyl groups excluding tert-OH is 1. The molecule has 1 aromatic heterocycles. The Balaban J connectivity index is 2.31. The number of hydrogen-bond acceptors (Lipinski definition) is 4. The zero-order chi connectivity index (χ0) is 16.0. The van der Waals surface area contributed by atoms with Gasteiger partial charge in [0, 0.05) is 18.2 Å². The van der Waals surface area contributed by atoms with Crippen LogP contribution in [0.5, 0.6) is 0 Å².